The maximum atomic E-state index is 13.2. The fraction of sp³-hybridized carbons (Fsp3) is 0.200. The summed E-state index contributed by atoms with van der Waals surface area (Å²) in [5, 5.41) is 18.6. The second-order valence-electron chi connectivity index (χ2n) is 2.96. The van der Waals surface area contributed by atoms with Gasteiger partial charge in [-0.2, -0.15) is 0 Å². The molecule has 0 saturated carbocycles. The van der Waals surface area contributed by atoms with Crippen LogP contribution >= 0.6 is 15.9 Å². The van der Waals surface area contributed by atoms with Crippen LogP contribution in [0.2, 0.25) is 0 Å². The molecule has 2 N–H and O–H groups in total. The molecule has 1 rings (SSSR count). The van der Waals surface area contributed by atoms with E-state index in [1.54, 1.807) is 0 Å². The van der Waals surface area contributed by atoms with Crippen LogP contribution in [0.1, 0.15) is 17.3 Å². The van der Waals surface area contributed by atoms with Crippen LogP contribution in [0, 0.1) is 5.82 Å². The van der Waals surface area contributed by atoms with E-state index in [1.165, 1.54) is 6.92 Å². The Balaban J connectivity index is 3.31. The summed E-state index contributed by atoms with van der Waals surface area (Å²) in [6.45, 7) is 1.45. The number of halogens is 2. The first-order valence-electron chi connectivity index (χ1n) is 4.51. The van der Waals surface area contributed by atoms with E-state index in [0.717, 1.165) is 0 Å². The van der Waals surface area contributed by atoms with E-state index in [4.69, 9.17) is 5.11 Å². The zero-order valence-corrected chi connectivity index (χ0v) is 10.2. The summed E-state index contributed by atoms with van der Waals surface area (Å²) in [5.41, 5.74) is -0.666. The van der Waals surface area contributed by atoms with Gasteiger partial charge in [0.05, 0.1) is 16.6 Å². The first-order valence-corrected chi connectivity index (χ1v) is 5.30. The largest absolute Gasteiger partial charge is 0.504 e. The highest BCUT2D eigenvalue weighted by Crippen LogP contribution is 2.36. The summed E-state index contributed by atoms with van der Waals surface area (Å²) in [5.74, 6) is -5.18. The Morgan fingerprint density at radius 3 is 2.59 bits per heavy atom. The molecule has 0 fully saturated rings. The predicted molar refractivity (Wildman–Crippen MR) is 58.4 cm³/mol. The van der Waals surface area contributed by atoms with Crippen LogP contribution in [0.4, 0.5) is 4.39 Å². The molecule has 0 aliphatic heterocycles. The van der Waals surface area contributed by atoms with Gasteiger partial charge in [-0.25, -0.2) is 9.18 Å². The van der Waals surface area contributed by atoms with Gasteiger partial charge in [0.15, 0.2) is 11.5 Å². The lowest BCUT2D eigenvalue weighted by Gasteiger charge is -2.08. The van der Waals surface area contributed by atoms with Gasteiger partial charge in [-0.15, -0.1) is 0 Å². The standard InChI is InChI=1S/C10H8BrFO5/c1-2-17-10(16)9(15)6-7(11)4(12)3-5(13)8(6)14/h3,13-14H,2H2,1H3. The molecule has 7 heteroatoms. The Kier molecular flexibility index (Phi) is 4.06. The number of carbonyl (C=O) groups excluding carboxylic acids is 2. The molecule has 0 atom stereocenters. The van der Waals surface area contributed by atoms with Crippen LogP contribution in [0.5, 0.6) is 11.5 Å². The topological polar surface area (TPSA) is 83.8 Å². The van der Waals surface area contributed by atoms with Crippen LogP contribution in [-0.4, -0.2) is 28.6 Å². The van der Waals surface area contributed by atoms with Crippen molar-refractivity contribution in [2.24, 2.45) is 0 Å². The molecule has 0 saturated heterocycles. The Morgan fingerprint density at radius 1 is 1.47 bits per heavy atom. The van der Waals surface area contributed by atoms with Crippen molar-refractivity contribution in [3.63, 3.8) is 0 Å². The molecule has 5 nitrogen and oxygen atoms in total. The van der Waals surface area contributed by atoms with Gasteiger partial charge in [0.2, 0.25) is 0 Å². The van der Waals surface area contributed by atoms with Gasteiger partial charge in [-0.1, -0.05) is 0 Å². The number of hydrogen-bond acceptors (Lipinski definition) is 5. The average Bonchev–Trinajstić information content (AvgIpc) is 2.27. The molecule has 92 valence electrons. The van der Waals surface area contributed by atoms with E-state index in [-0.39, 0.29) is 6.61 Å². The number of Topliss-reactive ketones (excluding diaryl/α,β-unsaturated/α-hetero) is 1. The number of ketones is 1. The molecular weight excluding hydrogens is 299 g/mol. The van der Waals surface area contributed by atoms with E-state index >= 15 is 0 Å². The molecule has 1 aromatic rings. The van der Waals surface area contributed by atoms with E-state index in [2.05, 4.69) is 20.7 Å². The SMILES string of the molecule is CCOC(=O)C(=O)c1c(O)c(O)cc(F)c1Br. The number of phenols is 2. The first-order chi connectivity index (χ1) is 7.90. The number of phenolic OH excluding ortho intramolecular Hbond substituents is 2. The molecular formula is C10H8BrFO5. The molecule has 0 aliphatic carbocycles. The van der Waals surface area contributed by atoms with Crippen molar-refractivity contribution in [2.45, 2.75) is 6.92 Å². The van der Waals surface area contributed by atoms with Crippen molar-refractivity contribution in [1.29, 1.82) is 0 Å². The van der Waals surface area contributed by atoms with Gasteiger partial charge >= 0.3 is 5.97 Å². The van der Waals surface area contributed by atoms with Gasteiger partial charge in [0.1, 0.15) is 5.82 Å². The van der Waals surface area contributed by atoms with Crippen molar-refractivity contribution in [1.82, 2.24) is 0 Å². The van der Waals surface area contributed by atoms with Crippen LogP contribution < -0.4 is 0 Å². The first kappa shape index (κ1) is 13.4. The monoisotopic (exact) mass is 306 g/mol. The normalized spacial score (nSPS) is 10.1. The lowest BCUT2D eigenvalue weighted by molar-refractivity contribution is -0.137. The summed E-state index contributed by atoms with van der Waals surface area (Å²) < 4.78 is 17.2. The van der Waals surface area contributed by atoms with Crippen LogP contribution in [-0.2, 0) is 9.53 Å². The molecule has 0 spiro atoms. The van der Waals surface area contributed by atoms with Gasteiger partial charge in [-0.3, -0.25) is 4.79 Å². The average molecular weight is 307 g/mol. The second kappa shape index (κ2) is 5.13. The number of benzene rings is 1. The summed E-state index contributed by atoms with van der Waals surface area (Å²) >= 11 is 2.71. The Hall–Kier alpha value is -1.63. The zero-order chi connectivity index (χ0) is 13.2. The summed E-state index contributed by atoms with van der Waals surface area (Å²) in [6.07, 6.45) is 0. The van der Waals surface area contributed by atoms with Crippen LogP contribution in [0.3, 0.4) is 0 Å². The number of hydrogen-bond donors (Lipinski definition) is 2. The Labute approximate surface area is 104 Å². The fourth-order valence-corrected chi connectivity index (χ4v) is 1.59. The van der Waals surface area contributed by atoms with Gasteiger partial charge in [0.25, 0.3) is 5.78 Å². The molecule has 1 aromatic carbocycles. The summed E-state index contributed by atoms with van der Waals surface area (Å²) in [7, 11) is 0. The van der Waals surface area contributed by atoms with Gasteiger partial charge in [-0.05, 0) is 22.9 Å². The zero-order valence-electron chi connectivity index (χ0n) is 8.66. The second-order valence-corrected chi connectivity index (χ2v) is 3.76. The van der Waals surface area contributed by atoms with Crippen molar-refractivity contribution in [2.75, 3.05) is 6.61 Å². The molecule has 0 amide bonds. The maximum Gasteiger partial charge on any atom is 0.379 e. The minimum atomic E-state index is -1.24. The third-order valence-electron chi connectivity index (χ3n) is 1.86. The number of aromatic hydroxyl groups is 2. The van der Waals surface area contributed by atoms with E-state index in [1.807, 2.05) is 0 Å². The highest BCUT2D eigenvalue weighted by atomic mass is 79.9. The van der Waals surface area contributed by atoms with Crippen LogP contribution in [0.25, 0.3) is 0 Å². The molecule has 0 aliphatic rings. The quantitative estimate of drug-likeness (QED) is 0.385. The molecule has 0 bridgehead atoms. The molecule has 0 radical (unpaired) electrons. The number of carbonyl (C=O) groups is 2. The molecule has 0 aromatic heterocycles. The predicted octanol–water partition coefficient (Wildman–Crippen LogP) is 1.75. The van der Waals surface area contributed by atoms with E-state index in [9.17, 15) is 19.1 Å². The van der Waals surface area contributed by atoms with Crippen molar-refractivity contribution >= 4 is 27.7 Å². The minimum absolute atomic E-state index is 0.0374. The Morgan fingerprint density at radius 2 is 2.06 bits per heavy atom. The Bertz CT molecular complexity index is 460. The van der Waals surface area contributed by atoms with Gasteiger partial charge in [0, 0.05) is 6.07 Å². The van der Waals surface area contributed by atoms with Crippen LogP contribution in [0.15, 0.2) is 10.5 Å². The van der Waals surface area contributed by atoms with E-state index < -0.39 is 39.1 Å². The highest BCUT2D eigenvalue weighted by molar-refractivity contribution is 9.10. The smallest absolute Gasteiger partial charge is 0.379 e. The lowest BCUT2D eigenvalue weighted by Crippen LogP contribution is -2.18. The van der Waals surface area contributed by atoms with Gasteiger partial charge < -0.3 is 14.9 Å². The molecule has 0 unspecified atom stereocenters. The van der Waals surface area contributed by atoms with Crippen molar-refractivity contribution in [3.05, 3.63) is 21.9 Å². The lowest BCUT2D eigenvalue weighted by atomic mass is 10.1. The number of esters is 1. The van der Waals surface area contributed by atoms with Crippen molar-refractivity contribution < 1.29 is 28.9 Å². The molecule has 17 heavy (non-hydrogen) atoms. The number of rotatable bonds is 3. The maximum absolute atomic E-state index is 13.2. The third-order valence-corrected chi connectivity index (χ3v) is 2.64. The highest BCUT2D eigenvalue weighted by Gasteiger charge is 2.27. The van der Waals surface area contributed by atoms with Crippen molar-refractivity contribution in [3.8, 4) is 11.5 Å². The van der Waals surface area contributed by atoms with E-state index in [0.29, 0.717) is 6.07 Å². The summed E-state index contributed by atoms with van der Waals surface area (Å²) in [4.78, 5) is 22.7. The summed E-state index contributed by atoms with van der Waals surface area (Å²) in [6, 6.07) is 0.612. The number of ether oxygens (including phenoxy) is 1. The minimum Gasteiger partial charge on any atom is -0.504 e. The third kappa shape index (κ3) is 2.55. The fourth-order valence-electron chi connectivity index (χ4n) is 1.11. The molecule has 0 heterocycles.